The molecule has 34 heavy (non-hydrogen) atoms. The SMILES string of the molecule is CC(C)C(=O)Oc1ccccc1/C=N/Nc1nc2c(N)ncnc2n1C1OC(CO)C(O)C1O. The Balaban J connectivity index is 1.66. The molecule has 2 aromatic heterocycles. The van der Waals surface area contributed by atoms with Gasteiger partial charge in [-0.05, 0) is 12.1 Å². The molecule has 1 saturated heterocycles. The fraction of sp³-hybridized carbons (Fsp3) is 0.381. The summed E-state index contributed by atoms with van der Waals surface area (Å²) in [4.78, 5) is 24.4. The molecular weight excluding hydrogens is 446 g/mol. The molecule has 180 valence electrons. The van der Waals surface area contributed by atoms with Gasteiger partial charge in [0, 0.05) is 5.56 Å². The second-order valence-corrected chi connectivity index (χ2v) is 7.95. The highest BCUT2D eigenvalue weighted by Gasteiger charge is 2.45. The maximum atomic E-state index is 12.0. The van der Waals surface area contributed by atoms with Crippen LogP contribution in [0.5, 0.6) is 5.75 Å². The predicted octanol–water partition coefficient (Wildman–Crippen LogP) is 0.0274. The fourth-order valence-electron chi connectivity index (χ4n) is 3.41. The summed E-state index contributed by atoms with van der Waals surface area (Å²) >= 11 is 0. The number of hydrazone groups is 1. The number of carbonyl (C=O) groups excluding carboxylic acids is 1. The van der Waals surface area contributed by atoms with Crippen LogP contribution in [0.25, 0.3) is 11.2 Å². The van der Waals surface area contributed by atoms with Crippen molar-refractivity contribution in [2.24, 2.45) is 11.0 Å². The molecule has 0 aliphatic carbocycles. The lowest BCUT2D eigenvalue weighted by Crippen LogP contribution is -2.33. The zero-order valence-electron chi connectivity index (χ0n) is 18.4. The van der Waals surface area contributed by atoms with Crippen molar-refractivity contribution >= 4 is 35.1 Å². The molecular formula is C21H25N7O6. The molecule has 1 aromatic carbocycles. The van der Waals surface area contributed by atoms with Gasteiger partial charge in [-0.15, -0.1) is 0 Å². The number of nitrogens with two attached hydrogens (primary N) is 1. The molecule has 13 heteroatoms. The van der Waals surface area contributed by atoms with Gasteiger partial charge in [-0.1, -0.05) is 26.0 Å². The average molecular weight is 471 g/mol. The minimum atomic E-state index is -1.38. The van der Waals surface area contributed by atoms with Crippen molar-refractivity contribution in [1.29, 1.82) is 0 Å². The lowest BCUT2D eigenvalue weighted by Gasteiger charge is -2.18. The average Bonchev–Trinajstić information content (AvgIpc) is 3.32. The lowest BCUT2D eigenvalue weighted by atomic mass is 10.1. The van der Waals surface area contributed by atoms with Crippen molar-refractivity contribution in [2.45, 2.75) is 38.4 Å². The smallest absolute Gasteiger partial charge is 0.313 e. The molecule has 3 heterocycles. The van der Waals surface area contributed by atoms with E-state index in [9.17, 15) is 20.1 Å². The van der Waals surface area contributed by atoms with Crippen LogP contribution in [-0.2, 0) is 9.53 Å². The van der Waals surface area contributed by atoms with Gasteiger partial charge in [0.15, 0.2) is 23.2 Å². The number of carbonyl (C=O) groups is 1. The number of fused-ring (bicyclic) bond motifs is 1. The number of aliphatic hydroxyl groups excluding tert-OH is 3. The van der Waals surface area contributed by atoms with Crippen LogP contribution in [0.1, 0.15) is 25.6 Å². The van der Waals surface area contributed by atoms with Crippen molar-refractivity contribution in [2.75, 3.05) is 17.8 Å². The molecule has 4 atom stereocenters. The first-order chi connectivity index (χ1) is 16.3. The highest BCUT2D eigenvalue weighted by molar-refractivity contribution is 5.87. The van der Waals surface area contributed by atoms with Crippen LogP contribution >= 0.6 is 0 Å². The van der Waals surface area contributed by atoms with Crippen LogP contribution < -0.4 is 15.9 Å². The fourth-order valence-corrected chi connectivity index (χ4v) is 3.41. The number of rotatable bonds is 7. The Hall–Kier alpha value is -3.65. The second-order valence-electron chi connectivity index (χ2n) is 7.95. The number of hydrogen-bond acceptors (Lipinski definition) is 12. The van der Waals surface area contributed by atoms with Crippen LogP contribution in [-0.4, -0.2) is 71.9 Å². The number of para-hydroxylation sites is 1. The highest BCUT2D eigenvalue weighted by atomic mass is 16.6. The monoisotopic (exact) mass is 471 g/mol. The van der Waals surface area contributed by atoms with E-state index in [4.69, 9.17) is 15.2 Å². The van der Waals surface area contributed by atoms with Gasteiger partial charge in [0.2, 0.25) is 5.95 Å². The van der Waals surface area contributed by atoms with E-state index in [-0.39, 0.29) is 34.8 Å². The number of aliphatic hydroxyl groups is 3. The topological polar surface area (TPSA) is 190 Å². The molecule has 13 nitrogen and oxygen atoms in total. The van der Waals surface area contributed by atoms with Gasteiger partial charge < -0.3 is 30.5 Å². The van der Waals surface area contributed by atoms with E-state index in [2.05, 4.69) is 25.5 Å². The van der Waals surface area contributed by atoms with Crippen LogP contribution in [0.3, 0.4) is 0 Å². The first-order valence-corrected chi connectivity index (χ1v) is 10.5. The van der Waals surface area contributed by atoms with Crippen LogP contribution in [0.4, 0.5) is 11.8 Å². The molecule has 4 unspecified atom stereocenters. The molecule has 0 saturated carbocycles. The van der Waals surface area contributed by atoms with E-state index >= 15 is 0 Å². The summed E-state index contributed by atoms with van der Waals surface area (Å²) in [5, 5.41) is 34.3. The summed E-state index contributed by atoms with van der Waals surface area (Å²) in [5.41, 5.74) is 9.66. The van der Waals surface area contributed by atoms with Crippen molar-refractivity contribution in [3.8, 4) is 5.75 Å². The Kier molecular flexibility index (Phi) is 6.70. The number of nitrogen functional groups attached to an aromatic ring is 1. The highest BCUT2D eigenvalue weighted by Crippen LogP contribution is 2.35. The van der Waals surface area contributed by atoms with E-state index in [1.807, 2.05) is 0 Å². The van der Waals surface area contributed by atoms with Crippen LogP contribution in [0.2, 0.25) is 0 Å². The summed E-state index contributed by atoms with van der Waals surface area (Å²) < 4.78 is 12.4. The molecule has 0 amide bonds. The normalized spacial score (nSPS) is 22.6. The summed E-state index contributed by atoms with van der Waals surface area (Å²) in [6.07, 6.45) is -2.20. The van der Waals surface area contributed by atoms with Gasteiger partial charge in [-0.25, -0.2) is 20.4 Å². The number of nitrogens with zero attached hydrogens (tertiary/aromatic N) is 5. The predicted molar refractivity (Wildman–Crippen MR) is 121 cm³/mol. The third-order valence-electron chi connectivity index (χ3n) is 5.25. The van der Waals surface area contributed by atoms with E-state index < -0.39 is 31.1 Å². The Morgan fingerprint density at radius 2 is 2.09 bits per heavy atom. The van der Waals surface area contributed by atoms with Crippen LogP contribution in [0.15, 0.2) is 35.7 Å². The van der Waals surface area contributed by atoms with Gasteiger partial charge in [0.25, 0.3) is 0 Å². The first kappa shape index (κ1) is 23.5. The number of anilines is 2. The zero-order valence-corrected chi connectivity index (χ0v) is 18.4. The number of esters is 1. The quantitative estimate of drug-likeness (QED) is 0.135. The van der Waals surface area contributed by atoms with E-state index in [0.29, 0.717) is 11.3 Å². The van der Waals surface area contributed by atoms with Gasteiger partial charge in [0.1, 0.15) is 30.4 Å². The number of hydrogen-bond donors (Lipinski definition) is 5. The second kappa shape index (κ2) is 9.69. The van der Waals surface area contributed by atoms with Gasteiger partial charge >= 0.3 is 5.97 Å². The number of imidazole rings is 1. The van der Waals surface area contributed by atoms with E-state index in [0.717, 1.165) is 0 Å². The molecule has 0 bridgehead atoms. The molecule has 0 radical (unpaired) electrons. The molecule has 1 aliphatic heterocycles. The Labute approximate surface area is 193 Å². The third-order valence-corrected chi connectivity index (χ3v) is 5.25. The Morgan fingerprint density at radius 1 is 1.32 bits per heavy atom. The lowest BCUT2D eigenvalue weighted by molar-refractivity contribution is -0.137. The Morgan fingerprint density at radius 3 is 2.79 bits per heavy atom. The standard InChI is InChI=1S/C21H25N7O6/c1-10(2)20(32)34-12-6-4-3-5-11(12)7-25-27-21-26-14-17(22)23-9-24-18(14)28(21)19-16(31)15(30)13(8-29)33-19/h3-7,9-10,13,15-16,19,29-31H,8H2,1-2H3,(H,26,27)(H2,22,23,24)/b25-7+. The van der Waals surface area contributed by atoms with Crippen molar-refractivity contribution in [3.63, 3.8) is 0 Å². The van der Waals surface area contributed by atoms with E-state index in [1.165, 1.54) is 17.1 Å². The zero-order chi connectivity index (χ0) is 24.4. The number of ether oxygens (including phenoxy) is 2. The van der Waals surface area contributed by atoms with Gasteiger partial charge in [-0.2, -0.15) is 5.10 Å². The number of aromatic nitrogens is 4. The number of benzene rings is 1. The third kappa shape index (κ3) is 4.41. The summed E-state index contributed by atoms with van der Waals surface area (Å²) in [5.74, 6) is -0.170. The summed E-state index contributed by atoms with van der Waals surface area (Å²) in [6, 6.07) is 6.86. The minimum Gasteiger partial charge on any atom is -0.426 e. The van der Waals surface area contributed by atoms with Crippen molar-refractivity contribution in [3.05, 3.63) is 36.2 Å². The Bertz CT molecular complexity index is 1210. The molecule has 1 fully saturated rings. The van der Waals surface area contributed by atoms with Gasteiger partial charge in [-0.3, -0.25) is 9.36 Å². The minimum absolute atomic E-state index is 0.0879. The molecule has 4 rings (SSSR count). The van der Waals surface area contributed by atoms with Crippen molar-refractivity contribution < 1.29 is 29.6 Å². The first-order valence-electron chi connectivity index (χ1n) is 10.5. The number of nitrogens with one attached hydrogen (secondary N) is 1. The summed E-state index contributed by atoms with van der Waals surface area (Å²) in [6.45, 7) is 2.97. The largest absolute Gasteiger partial charge is 0.426 e. The van der Waals surface area contributed by atoms with E-state index in [1.54, 1.807) is 38.1 Å². The van der Waals surface area contributed by atoms with Crippen LogP contribution in [0, 0.1) is 5.92 Å². The summed E-state index contributed by atoms with van der Waals surface area (Å²) in [7, 11) is 0. The van der Waals surface area contributed by atoms with Crippen molar-refractivity contribution in [1.82, 2.24) is 19.5 Å². The molecule has 0 spiro atoms. The van der Waals surface area contributed by atoms with Gasteiger partial charge in [0.05, 0.1) is 18.7 Å². The maximum Gasteiger partial charge on any atom is 0.313 e. The molecule has 6 N–H and O–H groups in total. The maximum absolute atomic E-state index is 12.0. The molecule has 1 aliphatic rings. The molecule has 3 aromatic rings.